The van der Waals surface area contributed by atoms with Crippen LogP contribution < -0.4 is 10.1 Å². The van der Waals surface area contributed by atoms with Gasteiger partial charge in [0.2, 0.25) is 0 Å². The van der Waals surface area contributed by atoms with Gasteiger partial charge in [0.1, 0.15) is 11.5 Å². The summed E-state index contributed by atoms with van der Waals surface area (Å²) >= 11 is 0. The first-order valence-electron chi connectivity index (χ1n) is 8.11. The van der Waals surface area contributed by atoms with Crippen molar-refractivity contribution in [2.75, 3.05) is 26.2 Å². The SMILES string of the molecule is CCC1CCCCN1CCNC(=O)COc1ccc(O)cc1. The normalized spacial score (nSPS) is 18.9. The lowest BCUT2D eigenvalue weighted by molar-refractivity contribution is -0.123. The van der Waals surface area contributed by atoms with Crippen molar-refractivity contribution >= 4 is 5.91 Å². The first-order valence-corrected chi connectivity index (χ1v) is 8.11. The summed E-state index contributed by atoms with van der Waals surface area (Å²) in [6.07, 6.45) is 5.03. The van der Waals surface area contributed by atoms with E-state index >= 15 is 0 Å². The van der Waals surface area contributed by atoms with Crippen molar-refractivity contribution in [3.05, 3.63) is 24.3 Å². The van der Waals surface area contributed by atoms with Crippen LogP contribution in [-0.2, 0) is 4.79 Å². The Morgan fingerprint density at radius 2 is 2.14 bits per heavy atom. The van der Waals surface area contributed by atoms with E-state index < -0.39 is 0 Å². The van der Waals surface area contributed by atoms with E-state index in [1.54, 1.807) is 12.1 Å². The molecule has 1 heterocycles. The molecule has 1 aromatic rings. The Labute approximate surface area is 132 Å². The molecule has 5 heteroatoms. The summed E-state index contributed by atoms with van der Waals surface area (Å²) in [5.41, 5.74) is 0. The third kappa shape index (κ3) is 5.22. The summed E-state index contributed by atoms with van der Waals surface area (Å²) in [6, 6.07) is 7.02. The number of nitrogens with zero attached hydrogens (tertiary/aromatic N) is 1. The van der Waals surface area contributed by atoms with Gasteiger partial charge in [0, 0.05) is 19.1 Å². The molecule has 0 saturated carbocycles. The second-order valence-corrected chi connectivity index (χ2v) is 5.73. The number of likely N-dealkylation sites (tertiary alicyclic amines) is 1. The van der Waals surface area contributed by atoms with Crippen LogP contribution in [0.2, 0.25) is 0 Å². The highest BCUT2D eigenvalue weighted by Crippen LogP contribution is 2.18. The zero-order valence-corrected chi connectivity index (χ0v) is 13.3. The van der Waals surface area contributed by atoms with Crippen molar-refractivity contribution in [3.8, 4) is 11.5 Å². The van der Waals surface area contributed by atoms with Crippen molar-refractivity contribution in [2.24, 2.45) is 0 Å². The van der Waals surface area contributed by atoms with Crippen LogP contribution in [0, 0.1) is 0 Å². The van der Waals surface area contributed by atoms with Crippen LogP contribution in [0.4, 0.5) is 0 Å². The highest BCUT2D eigenvalue weighted by molar-refractivity contribution is 5.77. The number of hydrogen-bond acceptors (Lipinski definition) is 4. The third-order valence-corrected chi connectivity index (χ3v) is 4.15. The topological polar surface area (TPSA) is 61.8 Å². The summed E-state index contributed by atoms with van der Waals surface area (Å²) < 4.78 is 5.37. The van der Waals surface area contributed by atoms with Crippen LogP contribution in [0.25, 0.3) is 0 Å². The van der Waals surface area contributed by atoms with Crippen LogP contribution in [0.5, 0.6) is 11.5 Å². The van der Waals surface area contributed by atoms with Crippen LogP contribution in [0.3, 0.4) is 0 Å². The molecule has 0 bridgehead atoms. The van der Waals surface area contributed by atoms with Gasteiger partial charge in [0.25, 0.3) is 5.91 Å². The van der Waals surface area contributed by atoms with Crippen LogP contribution in [0.1, 0.15) is 32.6 Å². The number of amides is 1. The number of carbonyl (C=O) groups excluding carboxylic acids is 1. The Morgan fingerprint density at radius 1 is 1.36 bits per heavy atom. The summed E-state index contributed by atoms with van der Waals surface area (Å²) in [6.45, 7) is 4.94. The molecule has 22 heavy (non-hydrogen) atoms. The first-order chi connectivity index (χ1) is 10.7. The minimum absolute atomic E-state index is 0.00197. The quantitative estimate of drug-likeness (QED) is 0.810. The molecule has 0 aliphatic carbocycles. The van der Waals surface area contributed by atoms with E-state index in [1.165, 1.54) is 37.8 Å². The number of benzene rings is 1. The Bertz CT molecular complexity index is 461. The molecule has 1 aliphatic rings. The van der Waals surface area contributed by atoms with Crippen molar-refractivity contribution < 1.29 is 14.6 Å². The molecule has 1 aliphatic heterocycles. The van der Waals surface area contributed by atoms with Crippen molar-refractivity contribution in [1.29, 1.82) is 0 Å². The van der Waals surface area contributed by atoms with E-state index in [0.29, 0.717) is 18.3 Å². The number of ether oxygens (including phenoxy) is 1. The van der Waals surface area contributed by atoms with Gasteiger partial charge in [-0.1, -0.05) is 13.3 Å². The Kier molecular flexibility index (Phi) is 6.52. The predicted octanol–water partition coefficient (Wildman–Crippen LogP) is 2.15. The molecule has 2 N–H and O–H groups in total. The molecule has 1 unspecified atom stereocenters. The Balaban J connectivity index is 1.64. The fraction of sp³-hybridized carbons (Fsp3) is 0.588. The van der Waals surface area contributed by atoms with E-state index in [-0.39, 0.29) is 18.3 Å². The van der Waals surface area contributed by atoms with Crippen molar-refractivity contribution in [3.63, 3.8) is 0 Å². The summed E-state index contributed by atoms with van der Waals surface area (Å²) in [5, 5.41) is 12.1. The number of phenols is 1. The molecule has 1 atom stereocenters. The van der Waals surface area contributed by atoms with Gasteiger partial charge >= 0.3 is 0 Å². The number of rotatable bonds is 7. The van der Waals surface area contributed by atoms with Gasteiger partial charge in [0.15, 0.2) is 6.61 Å². The fourth-order valence-corrected chi connectivity index (χ4v) is 2.90. The minimum Gasteiger partial charge on any atom is -0.508 e. The molecule has 1 saturated heterocycles. The lowest BCUT2D eigenvalue weighted by atomic mass is 10.0. The maximum Gasteiger partial charge on any atom is 0.257 e. The van der Waals surface area contributed by atoms with E-state index in [0.717, 1.165) is 13.1 Å². The van der Waals surface area contributed by atoms with Crippen molar-refractivity contribution in [1.82, 2.24) is 10.2 Å². The highest BCUT2D eigenvalue weighted by Gasteiger charge is 2.20. The lowest BCUT2D eigenvalue weighted by Gasteiger charge is -2.35. The molecule has 2 rings (SSSR count). The number of hydrogen-bond donors (Lipinski definition) is 2. The van der Waals surface area contributed by atoms with Gasteiger partial charge in [-0.3, -0.25) is 9.69 Å². The molecule has 1 amide bonds. The van der Waals surface area contributed by atoms with E-state index in [4.69, 9.17) is 4.74 Å². The molecular formula is C17H26N2O3. The van der Waals surface area contributed by atoms with Crippen LogP contribution in [-0.4, -0.2) is 48.2 Å². The van der Waals surface area contributed by atoms with Gasteiger partial charge in [-0.2, -0.15) is 0 Å². The largest absolute Gasteiger partial charge is 0.508 e. The lowest BCUT2D eigenvalue weighted by Crippen LogP contribution is -2.44. The van der Waals surface area contributed by atoms with Gasteiger partial charge in [0.05, 0.1) is 0 Å². The number of phenolic OH excluding ortho intramolecular Hbond substituents is 1. The molecule has 5 nitrogen and oxygen atoms in total. The zero-order valence-electron chi connectivity index (χ0n) is 13.3. The molecular weight excluding hydrogens is 280 g/mol. The molecule has 122 valence electrons. The number of nitrogens with one attached hydrogen (secondary N) is 1. The highest BCUT2D eigenvalue weighted by atomic mass is 16.5. The second kappa shape index (κ2) is 8.63. The van der Waals surface area contributed by atoms with Gasteiger partial charge in [-0.25, -0.2) is 0 Å². The first kappa shape index (κ1) is 16.6. The predicted molar refractivity (Wildman–Crippen MR) is 86.1 cm³/mol. The average Bonchev–Trinajstić information content (AvgIpc) is 2.55. The maximum atomic E-state index is 11.8. The summed E-state index contributed by atoms with van der Waals surface area (Å²) in [4.78, 5) is 14.2. The smallest absolute Gasteiger partial charge is 0.257 e. The van der Waals surface area contributed by atoms with Crippen LogP contribution >= 0.6 is 0 Å². The number of carbonyl (C=O) groups is 1. The maximum absolute atomic E-state index is 11.8. The van der Waals surface area contributed by atoms with E-state index in [2.05, 4.69) is 17.1 Å². The molecule has 1 fully saturated rings. The minimum atomic E-state index is -0.113. The van der Waals surface area contributed by atoms with Crippen LogP contribution in [0.15, 0.2) is 24.3 Å². The molecule has 0 aromatic heterocycles. The monoisotopic (exact) mass is 306 g/mol. The Hall–Kier alpha value is -1.75. The molecule has 0 radical (unpaired) electrons. The average molecular weight is 306 g/mol. The number of aromatic hydroxyl groups is 1. The molecule has 1 aromatic carbocycles. The third-order valence-electron chi connectivity index (χ3n) is 4.15. The van der Waals surface area contributed by atoms with Crippen molar-refractivity contribution in [2.45, 2.75) is 38.6 Å². The summed E-state index contributed by atoms with van der Waals surface area (Å²) in [7, 11) is 0. The second-order valence-electron chi connectivity index (χ2n) is 5.73. The van der Waals surface area contributed by atoms with E-state index in [9.17, 15) is 9.90 Å². The van der Waals surface area contributed by atoms with Gasteiger partial charge in [-0.15, -0.1) is 0 Å². The van der Waals surface area contributed by atoms with Gasteiger partial charge in [-0.05, 0) is 50.1 Å². The standard InChI is InChI=1S/C17H26N2O3/c1-2-14-5-3-4-11-19(14)12-10-18-17(21)13-22-16-8-6-15(20)7-9-16/h6-9,14,20H,2-5,10-13H2,1H3,(H,18,21). The fourth-order valence-electron chi connectivity index (χ4n) is 2.90. The number of piperidine rings is 1. The zero-order chi connectivity index (χ0) is 15.8. The summed E-state index contributed by atoms with van der Waals surface area (Å²) in [5.74, 6) is 0.650. The van der Waals surface area contributed by atoms with E-state index in [1.807, 2.05) is 0 Å². The Morgan fingerprint density at radius 3 is 2.86 bits per heavy atom. The molecule has 0 spiro atoms. The van der Waals surface area contributed by atoms with Gasteiger partial charge < -0.3 is 15.2 Å².